The van der Waals surface area contributed by atoms with Gasteiger partial charge in [0.2, 0.25) is 10.0 Å². The van der Waals surface area contributed by atoms with Gasteiger partial charge in [-0.3, -0.25) is 0 Å². The molecule has 0 aliphatic carbocycles. The van der Waals surface area contributed by atoms with E-state index in [1.54, 1.807) is 32.1 Å². The Balaban J connectivity index is 2.05. The minimum absolute atomic E-state index is 0.0930. The van der Waals surface area contributed by atoms with Crippen molar-refractivity contribution in [1.82, 2.24) is 4.31 Å². The zero-order valence-corrected chi connectivity index (χ0v) is 15.8. The van der Waals surface area contributed by atoms with Crippen molar-refractivity contribution < 1.29 is 17.9 Å². The van der Waals surface area contributed by atoms with Crippen molar-refractivity contribution in [1.29, 1.82) is 0 Å². The van der Waals surface area contributed by atoms with Gasteiger partial charge < -0.3 is 4.74 Å². The van der Waals surface area contributed by atoms with E-state index in [2.05, 4.69) is 0 Å². The molecule has 0 fully saturated rings. The van der Waals surface area contributed by atoms with Gasteiger partial charge in [0.25, 0.3) is 0 Å². The Morgan fingerprint density at radius 2 is 1.73 bits per heavy atom. The molecule has 5 nitrogen and oxygen atoms in total. The smallest absolute Gasteiger partial charge is 0.338 e. The molecule has 0 saturated heterocycles. The molecule has 0 bridgehead atoms. The molecule has 0 aliphatic rings. The summed E-state index contributed by atoms with van der Waals surface area (Å²) in [6.07, 6.45) is 3.60. The van der Waals surface area contributed by atoms with E-state index in [9.17, 15) is 13.2 Å². The Morgan fingerprint density at radius 1 is 1.04 bits per heavy atom. The van der Waals surface area contributed by atoms with Crippen LogP contribution in [0.4, 0.5) is 0 Å². The molecule has 0 aromatic heterocycles. The number of benzene rings is 2. The largest absolute Gasteiger partial charge is 0.458 e. The summed E-state index contributed by atoms with van der Waals surface area (Å²) < 4.78 is 31.6. The van der Waals surface area contributed by atoms with Crippen LogP contribution in [-0.2, 0) is 14.8 Å². The molecule has 26 heavy (non-hydrogen) atoms. The van der Waals surface area contributed by atoms with E-state index >= 15 is 0 Å². The highest BCUT2D eigenvalue weighted by molar-refractivity contribution is 7.89. The monoisotopic (exact) mass is 373 g/mol. The normalized spacial score (nSPS) is 11.8. The molecule has 0 saturated carbocycles. The number of hydrogen-bond donors (Lipinski definition) is 0. The number of esters is 1. The molecule has 0 N–H and O–H groups in total. The van der Waals surface area contributed by atoms with Gasteiger partial charge >= 0.3 is 5.97 Å². The molecule has 6 heteroatoms. The minimum Gasteiger partial charge on any atom is -0.458 e. The molecule has 2 rings (SSSR count). The van der Waals surface area contributed by atoms with Crippen LogP contribution in [0, 0.1) is 0 Å². The predicted molar refractivity (Wildman–Crippen MR) is 102 cm³/mol. The van der Waals surface area contributed by atoms with E-state index in [0.717, 1.165) is 5.56 Å². The van der Waals surface area contributed by atoms with Crippen LogP contribution in [0.15, 0.2) is 65.6 Å². The van der Waals surface area contributed by atoms with Crippen LogP contribution in [-0.4, -0.2) is 38.4 Å². The highest BCUT2D eigenvalue weighted by atomic mass is 32.2. The lowest BCUT2D eigenvalue weighted by atomic mass is 10.2. The predicted octanol–water partition coefficient (Wildman–Crippen LogP) is 3.59. The van der Waals surface area contributed by atoms with Gasteiger partial charge in [0.1, 0.15) is 6.61 Å². The lowest BCUT2D eigenvalue weighted by molar-refractivity contribution is 0.0550. The first-order chi connectivity index (χ1) is 12.5. The summed E-state index contributed by atoms with van der Waals surface area (Å²) in [5.41, 5.74) is 1.22. The third kappa shape index (κ3) is 5.03. The van der Waals surface area contributed by atoms with Crippen molar-refractivity contribution in [2.24, 2.45) is 0 Å². The maximum absolute atomic E-state index is 12.5. The molecule has 2 aromatic carbocycles. The number of nitrogens with zero attached hydrogens (tertiary/aromatic N) is 1. The fourth-order valence-corrected chi connectivity index (χ4v) is 3.96. The van der Waals surface area contributed by atoms with E-state index in [1.807, 2.05) is 36.4 Å². The van der Waals surface area contributed by atoms with Crippen LogP contribution < -0.4 is 0 Å². The van der Waals surface area contributed by atoms with Crippen LogP contribution in [0.25, 0.3) is 6.08 Å². The van der Waals surface area contributed by atoms with Crippen LogP contribution in [0.1, 0.15) is 29.8 Å². The molecular formula is C20H23NO4S. The fraction of sp³-hybridized carbons (Fsp3) is 0.250. The Morgan fingerprint density at radius 3 is 2.38 bits per heavy atom. The Labute approximate surface area is 155 Å². The number of carbonyl (C=O) groups is 1. The van der Waals surface area contributed by atoms with Gasteiger partial charge in [0, 0.05) is 13.1 Å². The first kappa shape index (κ1) is 19.9. The van der Waals surface area contributed by atoms with Crippen molar-refractivity contribution in [3.8, 4) is 0 Å². The van der Waals surface area contributed by atoms with Gasteiger partial charge in [-0.05, 0) is 29.8 Å². The van der Waals surface area contributed by atoms with E-state index in [1.165, 1.54) is 16.4 Å². The van der Waals surface area contributed by atoms with Crippen molar-refractivity contribution in [3.05, 3.63) is 71.8 Å². The molecular weight excluding hydrogens is 350 g/mol. The number of ether oxygens (including phenoxy) is 1. The molecule has 0 unspecified atom stereocenters. The van der Waals surface area contributed by atoms with Crippen molar-refractivity contribution >= 4 is 22.1 Å². The fourth-order valence-electron chi connectivity index (χ4n) is 2.45. The van der Waals surface area contributed by atoms with E-state index in [4.69, 9.17) is 4.74 Å². The number of carbonyl (C=O) groups excluding carboxylic acids is 1. The first-order valence-electron chi connectivity index (χ1n) is 8.48. The molecule has 2 aromatic rings. The summed E-state index contributed by atoms with van der Waals surface area (Å²) in [5, 5.41) is 0. The lowest BCUT2D eigenvalue weighted by Crippen LogP contribution is -2.30. The van der Waals surface area contributed by atoms with Crippen LogP contribution in [0.2, 0.25) is 0 Å². The van der Waals surface area contributed by atoms with Gasteiger partial charge in [0.05, 0.1) is 10.5 Å². The SMILES string of the molecule is CCN(CC)S(=O)(=O)c1cccc(C(=O)OC/C=C/c2ccccc2)c1. The molecule has 138 valence electrons. The second kappa shape index (κ2) is 9.31. The zero-order chi connectivity index (χ0) is 19.0. The second-order valence-corrected chi connectivity index (χ2v) is 7.47. The Bertz CT molecular complexity index is 856. The zero-order valence-electron chi connectivity index (χ0n) is 15.0. The summed E-state index contributed by atoms with van der Waals surface area (Å²) >= 11 is 0. The topological polar surface area (TPSA) is 63.7 Å². The summed E-state index contributed by atoms with van der Waals surface area (Å²) in [6, 6.07) is 15.6. The summed E-state index contributed by atoms with van der Waals surface area (Å²) in [4.78, 5) is 12.3. The molecule has 0 heterocycles. The van der Waals surface area contributed by atoms with Gasteiger partial charge in [0.15, 0.2) is 0 Å². The average molecular weight is 373 g/mol. The summed E-state index contributed by atoms with van der Waals surface area (Å²) in [7, 11) is -3.61. The van der Waals surface area contributed by atoms with Crippen LogP contribution in [0.5, 0.6) is 0 Å². The lowest BCUT2D eigenvalue weighted by Gasteiger charge is -2.18. The molecule has 0 atom stereocenters. The Kier molecular flexibility index (Phi) is 7.12. The van der Waals surface area contributed by atoms with Gasteiger partial charge in [-0.2, -0.15) is 4.31 Å². The maximum Gasteiger partial charge on any atom is 0.338 e. The molecule has 0 aliphatic heterocycles. The number of hydrogen-bond acceptors (Lipinski definition) is 4. The van der Waals surface area contributed by atoms with Crippen LogP contribution in [0.3, 0.4) is 0 Å². The average Bonchev–Trinajstić information content (AvgIpc) is 2.67. The standard InChI is InChI=1S/C20H23NO4S/c1-3-21(4-2)26(23,24)19-14-8-13-18(16-19)20(22)25-15-9-12-17-10-6-5-7-11-17/h5-14,16H,3-4,15H2,1-2H3/b12-9+. The van der Waals surface area contributed by atoms with Crippen molar-refractivity contribution in [3.63, 3.8) is 0 Å². The van der Waals surface area contributed by atoms with E-state index < -0.39 is 16.0 Å². The number of sulfonamides is 1. The molecule has 0 radical (unpaired) electrons. The summed E-state index contributed by atoms with van der Waals surface area (Å²) in [6.45, 7) is 4.41. The van der Waals surface area contributed by atoms with E-state index in [-0.39, 0.29) is 17.1 Å². The van der Waals surface area contributed by atoms with Crippen LogP contribution >= 0.6 is 0 Å². The highest BCUT2D eigenvalue weighted by Gasteiger charge is 2.22. The quantitative estimate of drug-likeness (QED) is 0.664. The van der Waals surface area contributed by atoms with Gasteiger partial charge in [-0.15, -0.1) is 0 Å². The Hall–Kier alpha value is -2.44. The van der Waals surface area contributed by atoms with Crippen molar-refractivity contribution in [2.75, 3.05) is 19.7 Å². The maximum atomic E-state index is 12.5. The van der Waals surface area contributed by atoms with Crippen molar-refractivity contribution in [2.45, 2.75) is 18.7 Å². The van der Waals surface area contributed by atoms with Gasteiger partial charge in [-0.1, -0.05) is 56.3 Å². The first-order valence-corrected chi connectivity index (χ1v) is 9.92. The minimum atomic E-state index is -3.61. The second-order valence-electron chi connectivity index (χ2n) is 5.53. The third-order valence-electron chi connectivity index (χ3n) is 3.83. The summed E-state index contributed by atoms with van der Waals surface area (Å²) in [5.74, 6) is -0.556. The van der Waals surface area contributed by atoms with E-state index in [0.29, 0.717) is 13.1 Å². The third-order valence-corrected chi connectivity index (χ3v) is 5.88. The molecule has 0 spiro atoms. The highest BCUT2D eigenvalue weighted by Crippen LogP contribution is 2.17. The molecule has 0 amide bonds. The number of rotatable bonds is 8. The van der Waals surface area contributed by atoms with Gasteiger partial charge in [-0.25, -0.2) is 13.2 Å².